The van der Waals surface area contributed by atoms with Crippen molar-refractivity contribution in [2.45, 2.75) is 6.42 Å². The second-order valence-corrected chi connectivity index (χ2v) is 4.45. The summed E-state index contributed by atoms with van der Waals surface area (Å²) in [6.45, 7) is 4.40. The summed E-state index contributed by atoms with van der Waals surface area (Å²) in [5, 5.41) is 8.79. The van der Waals surface area contributed by atoms with Crippen molar-refractivity contribution in [2.24, 2.45) is 0 Å². The molecule has 0 aromatic carbocycles. The molecule has 1 N–H and O–H groups in total. The first kappa shape index (κ1) is 13.0. The Bertz CT molecular complexity index is 375. The molecule has 1 aliphatic heterocycles. The van der Waals surface area contributed by atoms with Crippen molar-refractivity contribution in [3.63, 3.8) is 0 Å². The van der Waals surface area contributed by atoms with Gasteiger partial charge in [0.1, 0.15) is 0 Å². The molecular formula is C13H19N3O2. The van der Waals surface area contributed by atoms with Crippen LogP contribution in [-0.4, -0.2) is 65.1 Å². The summed E-state index contributed by atoms with van der Waals surface area (Å²) in [6.07, 6.45) is 4.08. The molecule has 1 saturated heterocycles. The fourth-order valence-corrected chi connectivity index (χ4v) is 2.14. The van der Waals surface area contributed by atoms with E-state index in [0.29, 0.717) is 5.56 Å². The summed E-state index contributed by atoms with van der Waals surface area (Å²) < 4.78 is 0. The van der Waals surface area contributed by atoms with Gasteiger partial charge in [-0.05, 0) is 18.6 Å². The normalized spacial score (nSPS) is 16.8. The van der Waals surface area contributed by atoms with Gasteiger partial charge in [-0.25, -0.2) is 0 Å². The number of aromatic nitrogens is 1. The number of carbonyl (C=O) groups excluding carboxylic acids is 1. The van der Waals surface area contributed by atoms with Crippen LogP contribution in [0.25, 0.3) is 0 Å². The first-order chi connectivity index (χ1) is 8.81. The molecule has 1 amide bonds. The second kappa shape index (κ2) is 6.47. The van der Waals surface area contributed by atoms with E-state index in [1.807, 2.05) is 4.90 Å². The van der Waals surface area contributed by atoms with Gasteiger partial charge in [-0.2, -0.15) is 0 Å². The molecule has 0 saturated carbocycles. The number of aliphatic hydroxyl groups is 1. The minimum atomic E-state index is 0.0601. The van der Waals surface area contributed by atoms with Gasteiger partial charge in [-0.3, -0.25) is 14.7 Å². The SMILES string of the molecule is O=C(c1cccnc1)N1CCN(CCCO)CC1. The summed E-state index contributed by atoms with van der Waals surface area (Å²) in [5.41, 5.74) is 0.654. The third-order valence-corrected chi connectivity index (χ3v) is 3.20. The lowest BCUT2D eigenvalue weighted by Gasteiger charge is -2.34. The minimum absolute atomic E-state index is 0.0601. The van der Waals surface area contributed by atoms with Gasteiger partial charge in [-0.1, -0.05) is 0 Å². The highest BCUT2D eigenvalue weighted by Crippen LogP contribution is 2.08. The van der Waals surface area contributed by atoms with Gasteiger partial charge in [0.15, 0.2) is 0 Å². The number of rotatable bonds is 4. The van der Waals surface area contributed by atoms with Gasteiger partial charge in [0.05, 0.1) is 5.56 Å². The van der Waals surface area contributed by atoms with E-state index in [-0.39, 0.29) is 12.5 Å². The van der Waals surface area contributed by atoms with Crippen LogP contribution in [0.2, 0.25) is 0 Å². The monoisotopic (exact) mass is 249 g/mol. The van der Waals surface area contributed by atoms with Crippen LogP contribution in [0.4, 0.5) is 0 Å². The quantitative estimate of drug-likeness (QED) is 0.829. The van der Waals surface area contributed by atoms with Crippen LogP contribution < -0.4 is 0 Å². The first-order valence-corrected chi connectivity index (χ1v) is 6.34. The Labute approximate surface area is 107 Å². The zero-order chi connectivity index (χ0) is 12.8. The van der Waals surface area contributed by atoms with Crippen LogP contribution in [0, 0.1) is 0 Å². The number of pyridine rings is 1. The predicted molar refractivity (Wildman–Crippen MR) is 68.3 cm³/mol. The Balaban J connectivity index is 1.84. The highest BCUT2D eigenvalue weighted by atomic mass is 16.3. The smallest absolute Gasteiger partial charge is 0.255 e. The predicted octanol–water partition coefficient (Wildman–Crippen LogP) is 0.222. The number of piperazine rings is 1. The van der Waals surface area contributed by atoms with Crippen molar-refractivity contribution in [1.29, 1.82) is 0 Å². The lowest BCUT2D eigenvalue weighted by atomic mass is 10.2. The Morgan fingerprint density at radius 2 is 2.11 bits per heavy atom. The maximum atomic E-state index is 12.1. The van der Waals surface area contributed by atoms with E-state index in [9.17, 15) is 4.79 Å². The van der Waals surface area contributed by atoms with E-state index in [1.54, 1.807) is 24.5 Å². The van der Waals surface area contributed by atoms with E-state index in [2.05, 4.69) is 9.88 Å². The Morgan fingerprint density at radius 3 is 2.72 bits per heavy atom. The zero-order valence-corrected chi connectivity index (χ0v) is 10.5. The topological polar surface area (TPSA) is 56.7 Å². The molecule has 1 aliphatic rings. The largest absolute Gasteiger partial charge is 0.396 e. The average Bonchev–Trinajstić information content (AvgIpc) is 2.46. The average molecular weight is 249 g/mol. The molecule has 1 aromatic heterocycles. The van der Waals surface area contributed by atoms with Crippen molar-refractivity contribution in [3.8, 4) is 0 Å². The minimum Gasteiger partial charge on any atom is -0.396 e. The molecule has 98 valence electrons. The third-order valence-electron chi connectivity index (χ3n) is 3.20. The van der Waals surface area contributed by atoms with Crippen molar-refractivity contribution < 1.29 is 9.90 Å². The number of carbonyl (C=O) groups is 1. The van der Waals surface area contributed by atoms with E-state index in [4.69, 9.17) is 5.11 Å². The summed E-state index contributed by atoms with van der Waals surface area (Å²) in [7, 11) is 0. The molecule has 5 heteroatoms. The molecule has 0 bridgehead atoms. The fourth-order valence-electron chi connectivity index (χ4n) is 2.14. The number of nitrogens with zero attached hydrogens (tertiary/aromatic N) is 3. The Morgan fingerprint density at radius 1 is 1.33 bits per heavy atom. The van der Waals surface area contributed by atoms with Crippen LogP contribution in [0.3, 0.4) is 0 Å². The van der Waals surface area contributed by atoms with E-state index in [1.165, 1.54) is 0 Å². The van der Waals surface area contributed by atoms with Gasteiger partial charge >= 0.3 is 0 Å². The highest BCUT2D eigenvalue weighted by molar-refractivity contribution is 5.93. The maximum Gasteiger partial charge on any atom is 0.255 e. The maximum absolute atomic E-state index is 12.1. The van der Waals surface area contributed by atoms with Crippen LogP contribution in [0.15, 0.2) is 24.5 Å². The number of hydrogen-bond donors (Lipinski definition) is 1. The molecule has 2 rings (SSSR count). The van der Waals surface area contributed by atoms with Crippen molar-refractivity contribution in [2.75, 3.05) is 39.3 Å². The standard InChI is InChI=1S/C13H19N3O2/c17-10-2-5-15-6-8-16(9-7-15)13(18)12-3-1-4-14-11-12/h1,3-4,11,17H,2,5-10H2. The lowest BCUT2D eigenvalue weighted by Crippen LogP contribution is -2.48. The second-order valence-electron chi connectivity index (χ2n) is 4.45. The van der Waals surface area contributed by atoms with Crippen molar-refractivity contribution in [1.82, 2.24) is 14.8 Å². The zero-order valence-electron chi connectivity index (χ0n) is 10.5. The molecular weight excluding hydrogens is 230 g/mol. The molecule has 0 unspecified atom stereocenters. The van der Waals surface area contributed by atoms with Gasteiger partial charge < -0.3 is 10.0 Å². The summed E-state index contributed by atoms with van der Waals surface area (Å²) >= 11 is 0. The number of aliphatic hydroxyl groups excluding tert-OH is 1. The highest BCUT2D eigenvalue weighted by Gasteiger charge is 2.21. The first-order valence-electron chi connectivity index (χ1n) is 6.34. The van der Waals surface area contributed by atoms with Gasteiger partial charge in [0.2, 0.25) is 0 Å². The summed E-state index contributed by atoms with van der Waals surface area (Å²) in [5.74, 6) is 0.0601. The molecule has 0 aliphatic carbocycles. The van der Waals surface area contributed by atoms with Crippen LogP contribution in [0.5, 0.6) is 0 Å². The molecule has 1 fully saturated rings. The van der Waals surface area contributed by atoms with E-state index >= 15 is 0 Å². The van der Waals surface area contributed by atoms with Crippen LogP contribution in [0.1, 0.15) is 16.8 Å². The summed E-state index contributed by atoms with van der Waals surface area (Å²) in [6, 6.07) is 3.58. The van der Waals surface area contributed by atoms with Gasteiger partial charge in [-0.15, -0.1) is 0 Å². The molecule has 0 atom stereocenters. The molecule has 0 spiro atoms. The Kier molecular flexibility index (Phi) is 4.66. The summed E-state index contributed by atoms with van der Waals surface area (Å²) in [4.78, 5) is 20.3. The molecule has 5 nitrogen and oxygen atoms in total. The van der Waals surface area contributed by atoms with Crippen molar-refractivity contribution in [3.05, 3.63) is 30.1 Å². The van der Waals surface area contributed by atoms with Crippen LogP contribution in [-0.2, 0) is 0 Å². The van der Waals surface area contributed by atoms with E-state index < -0.39 is 0 Å². The molecule has 2 heterocycles. The molecule has 1 aromatic rings. The fraction of sp³-hybridized carbons (Fsp3) is 0.538. The molecule has 18 heavy (non-hydrogen) atoms. The van der Waals surface area contributed by atoms with Gasteiger partial charge in [0.25, 0.3) is 5.91 Å². The van der Waals surface area contributed by atoms with Crippen LogP contribution >= 0.6 is 0 Å². The number of hydrogen-bond acceptors (Lipinski definition) is 4. The number of amides is 1. The van der Waals surface area contributed by atoms with E-state index in [0.717, 1.165) is 39.1 Å². The Hall–Kier alpha value is -1.46. The lowest BCUT2D eigenvalue weighted by molar-refractivity contribution is 0.0628. The third kappa shape index (κ3) is 3.27. The van der Waals surface area contributed by atoms with Gasteiger partial charge in [0, 0.05) is 51.7 Å². The van der Waals surface area contributed by atoms with Crippen molar-refractivity contribution >= 4 is 5.91 Å². The molecule has 0 radical (unpaired) electrons.